The van der Waals surface area contributed by atoms with Crippen LogP contribution in [0.3, 0.4) is 0 Å². The van der Waals surface area contributed by atoms with Crippen molar-refractivity contribution in [2.24, 2.45) is 0 Å². The molecule has 0 radical (unpaired) electrons. The summed E-state index contributed by atoms with van der Waals surface area (Å²) in [6, 6.07) is 7.66. The van der Waals surface area contributed by atoms with Gasteiger partial charge >= 0.3 is 6.18 Å². The lowest BCUT2D eigenvalue weighted by molar-refractivity contribution is -0.141. The average Bonchev–Trinajstić information content (AvgIpc) is 2.71. The Morgan fingerprint density at radius 2 is 1.78 bits per heavy atom. The van der Waals surface area contributed by atoms with Crippen molar-refractivity contribution < 1.29 is 17.9 Å². The Morgan fingerprint density at radius 3 is 2.22 bits per heavy atom. The third-order valence-electron chi connectivity index (χ3n) is 2.49. The molecule has 0 aliphatic heterocycles. The number of aromatic nitrogens is 2. The van der Waals surface area contributed by atoms with Crippen LogP contribution < -0.4 is 4.74 Å². The molecular weight excluding hydrogens is 245 g/mol. The van der Waals surface area contributed by atoms with E-state index < -0.39 is 11.9 Å². The maximum Gasteiger partial charge on any atom is 0.435 e. The molecule has 6 heteroatoms. The van der Waals surface area contributed by atoms with Crippen LogP contribution in [0.1, 0.15) is 11.4 Å². The monoisotopic (exact) mass is 256 g/mol. The summed E-state index contributed by atoms with van der Waals surface area (Å²) in [4.78, 5) is 0. The second-order valence-electron chi connectivity index (χ2n) is 3.78. The van der Waals surface area contributed by atoms with Crippen molar-refractivity contribution in [3.8, 4) is 11.4 Å². The molecule has 0 N–H and O–H groups in total. The van der Waals surface area contributed by atoms with E-state index in [0.717, 1.165) is 6.07 Å². The van der Waals surface area contributed by atoms with Crippen molar-refractivity contribution in [2.75, 3.05) is 7.11 Å². The number of rotatable bonds is 2. The molecular formula is C12H11F3N2O. The van der Waals surface area contributed by atoms with Gasteiger partial charge in [0.1, 0.15) is 5.75 Å². The van der Waals surface area contributed by atoms with Crippen LogP contribution >= 0.6 is 0 Å². The summed E-state index contributed by atoms with van der Waals surface area (Å²) < 4.78 is 43.8. The SMILES string of the molecule is COc1ccc(-n2nc(C(F)(F)F)cc2C)cc1. The zero-order valence-corrected chi connectivity index (χ0v) is 9.82. The third kappa shape index (κ3) is 2.32. The predicted molar refractivity (Wildman–Crippen MR) is 59.9 cm³/mol. The molecule has 0 saturated carbocycles. The number of ether oxygens (including phenoxy) is 1. The summed E-state index contributed by atoms with van der Waals surface area (Å²) in [6.07, 6.45) is -4.43. The number of nitrogens with zero attached hydrogens (tertiary/aromatic N) is 2. The van der Waals surface area contributed by atoms with Gasteiger partial charge in [0, 0.05) is 5.69 Å². The Labute approximate surface area is 102 Å². The third-order valence-corrected chi connectivity index (χ3v) is 2.49. The maximum absolute atomic E-state index is 12.5. The maximum atomic E-state index is 12.5. The Balaban J connectivity index is 2.41. The first-order valence-corrected chi connectivity index (χ1v) is 5.20. The quantitative estimate of drug-likeness (QED) is 0.825. The molecule has 0 spiro atoms. The fourth-order valence-corrected chi connectivity index (χ4v) is 1.60. The molecule has 1 heterocycles. The molecule has 0 fully saturated rings. The standard InChI is InChI=1S/C12H11F3N2O/c1-8-7-11(12(13,14)15)16-17(8)9-3-5-10(18-2)6-4-9/h3-7H,1-2H3. The summed E-state index contributed by atoms with van der Waals surface area (Å²) in [6.45, 7) is 1.58. The topological polar surface area (TPSA) is 27.1 Å². The van der Waals surface area contributed by atoms with Crippen molar-refractivity contribution in [3.63, 3.8) is 0 Å². The molecule has 0 atom stereocenters. The van der Waals surface area contributed by atoms with E-state index in [1.165, 1.54) is 11.8 Å². The minimum Gasteiger partial charge on any atom is -0.497 e. The number of aryl methyl sites for hydroxylation is 1. The summed E-state index contributed by atoms with van der Waals surface area (Å²) in [5, 5.41) is 3.56. The molecule has 0 unspecified atom stereocenters. The molecule has 0 amide bonds. The van der Waals surface area contributed by atoms with Crippen molar-refractivity contribution in [1.29, 1.82) is 0 Å². The average molecular weight is 256 g/mol. The molecule has 0 bridgehead atoms. The van der Waals surface area contributed by atoms with Crippen LogP contribution in [0.5, 0.6) is 5.75 Å². The second-order valence-corrected chi connectivity index (χ2v) is 3.78. The van der Waals surface area contributed by atoms with Crippen LogP contribution in [0, 0.1) is 6.92 Å². The Kier molecular flexibility index (Phi) is 3.02. The number of benzene rings is 1. The van der Waals surface area contributed by atoms with E-state index in [4.69, 9.17) is 4.74 Å². The van der Waals surface area contributed by atoms with E-state index in [9.17, 15) is 13.2 Å². The van der Waals surface area contributed by atoms with Crippen molar-refractivity contribution in [3.05, 3.63) is 41.7 Å². The Hall–Kier alpha value is -1.98. The van der Waals surface area contributed by atoms with Crippen molar-refractivity contribution in [2.45, 2.75) is 13.1 Å². The first-order chi connectivity index (χ1) is 8.41. The highest BCUT2D eigenvalue weighted by Crippen LogP contribution is 2.29. The van der Waals surface area contributed by atoms with Crippen LogP contribution in [0.2, 0.25) is 0 Å². The van der Waals surface area contributed by atoms with Crippen LogP contribution in [0.4, 0.5) is 13.2 Å². The van der Waals surface area contributed by atoms with Gasteiger partial charge in [-0.25, -0.2) is 4.68 Å². The zero-order valence-electron chi connectivity index (χ0n) is 9.82. The van der Waals surface area contributed by atoms with E-state index in [2.05, 4.69) is 5.10 Å². The van der Waals surface area contributed by atoms with Crippen LogP contribution in [0.15, 0.2) is 30.3 Å². The van der Waals surface area contributed by atoms with E-state index in [0.29, 0.717) is 17.1 Å². The summed E-state index contributed by atoms with van der Waals surface area (Å²) in [5.74, 6) is 0.639. The fourth-order valence-electron chi connectivity index (χ4n) is 1.60. The van der Waals surface area contributed by atoms with Gasteiger partial charge in [-0.05, 0) is 37.3 Å². The molecule has 3 nitrogen and oxygen atoms in total. The molecule has 0 aliphatic carbocycles. The van der Waals surface area contributed by atoms with Crippen molar-refractivity contribution in [1.82, 2.24) is 9.78 Å². The highest BCUT2D eigenvalue weighted by molar-refractivity contribution is 5.38. The molecule has 18 heavy (non-hydrogen) atoms. The van der Waals surface area contributed by atoms with Gasteiger partial charge in [0.15, 0.2) is 5.69 Å². The number of hydrogen-bond donors (Lipinski definition) is 0. The van der Waals surface area contributed by atoms with Crippen LogP contribution in [-0.4, -0.2) is 16.9 Å². The van der Waals surface area contributed by atoms with Crippen LogP contribution in [0.25, 0.3) is 5.69 Å². The Morgan fingerprint density at radius 1 is 1.17 bits per heavy atom. The number of methoxy groups -OCH3 is 1. The minimum atomic E-state index is -4.43. The lowest BCUT2D eigenvalue weighted by Gasteiger charge is -2.05. The number of alkyl halides is 3. The van der Waals surface area contributed by atoms with Gasteiger partial charge in [0.05, 0.1) is 12.8 Å². The van der Waals surface area contributed by atoms with E-state index in [-0.39, 0.29) is 0 Å². The lowest BCUT2D eigenvalue weighted by Crippen LogP contribution is -2.07. The van der Waals surface area contributed by atoms with Gasteiger partial charge in [-0.1, -0.05) is 0 Å². The predicted octanol–water partition coefficient (Wildman–Crippen LogP) is 3.21. The molecule has 2 aromatic rings. The highest BCUT2D eigenvalue weighted by Gasteiger charge is 2.34. The van der Waals surface area contributed by atoms with Gasteiger partial charge in [-0.2, -0.15) is 18.3 Å². The molecule has 0 aliphatic rings. The lowest BCUT2D eigenvalue weighted by atomic mass is 10.3. The van der Waals surface area contributed by atoms with E-state index in [1.54, 1.807) is 31.2 Å². The van der Waals surface area contributed by atoms with Gasteiger partial charge < -0.3 is 4.74 Å². The van der Waals surface area contributed by atoms with Crippen molar-refractivity contribution >= 4 is 0 Å². The normalized spacial score (nSPS) is 11.6. The van der Waals surface area contributed by atoms with Gasteiger partial charge in [0.25, 0.3) is 0 Å². The second kappa shape index (κ2) is 4.36. The molecule has 1 aromatic carbocycles. The van der Waals surface area contributed by atoms with Gasteiger partial charge in [-0.15, -0.1) is 0 Å². The number of hydrogen-bond acceptors (Lipinski definition) is 2. The first-order valence-electron chi connectivity index (χ1n) is 5.20. The Bertz CT molecular complexity index is 543. The largest absolute Gasteiger partial charge is 0.497 e. The zero-order chi connectivity index (χ0) is 13.3. The first kappa shape index (κ1) is 12.5. The van der Waals surface area contributed by atoms with E-state index >= 15 is 0 Å². The van der Waals surface area contributed by atoms with E-state index in [1.807, 2.05) is 0 Å². The molecule has 2 rings (SSSR count). The summed E-state index contributed by atoms with van der Waals surface area (Å²) >= 11 is 0. The number of halogens is 3. The van der Waals surface area contributed by atoms with Gasteiger partial charge in [0.2, 0.25) is 0 Å². The molecule has 96 valence electrons. The van der Waals surface area contributed by atoms with Gasteiger partial charge in [-0.3, -0.25) is 0 Å². The summed E-state index contributed by atoms with van der Waals surface area (Å²) in [7, 11) is 1.52. The smallest absolute Gasteiger partial charge is 0.435 e. The summed E-state index contributed by atoms with van der Waals surface area (Å²) in [5.41, 5.74) is 0.0899. The van der Waals surface area contributed by atoms with Crippen LogP contribution in [-0.2, 0) is 6.18 Å². The molecule has 1 aromatic heterocycles. The molecule has 0 saturated heterocycles. The fraction of sp³-hybridized carbons (Fsp3) is 0.250. The highest BCUT2D eigenvalue weighted by atomic mass is 19.4. The minimum absolute atomic E-state index is 0.424.